The number of carbonyl (C=O) groups is 3. The highest BCUT2D eigenvalue weighted by atomic mass is 35.5. The standard InChI is InChI=1S/C24H23ClN2O6S/c25-18-11-14(7-9-20(29)15-3-1-4-16(28)12-15)6-8-17(18)22(30)27-19(24(32)33)13-26-23(31)21-5-2-10-34-21/h1-6,8,10-12,19-20,28-29H,7,9,13H2,(H,26,31)(H,27,30)(H,32,33). The minimum atomic E-state index is -1.34. The Morgan fingerprint density at radius 2 is 1.82 bits per heavy atom. The van der Waals surface area contributed by atoms with E-state index in [9.17, 15) is 29.7 Å². The molecule has 0 aliphatic rings. The van der Waals surface area contributed by atoms with E-state index in [4.69, 9.17) is 11.6 Å². The molecule has 0 aliphatic carbocycles. The van der Waals surface area contributed by atoms with Crippen LogP contribution in [0.1, 0.15) is 43.7 Å². The van der Waals surface area contributed by atoms with Crippen molar-refractivity contribution in [3.8, 4) is 5.75 Å². The third-order valence-electron chi connectivity index (χ3n) is 5.05. The van der Waals surface area contributed by atoms with Gasteiger partial charge in [-0.25, -0.2) is 4.79 Å². The molecule has 1 aromatic heterocycles. The summed E-state index contributed by atoms with van der Waals surface area (Å²) in [4.78, 5) is 36.6. The first kappa shape index (κ1) is 25.2. The summed E-state index contributed by atoms with van der Waals surface area (Å²) in [5.74, 6) is -2.34. The lowest BCUT2D eigenvalue weighted by molar-refractivity contribution is -0.139. The van der Waals surface area contributed by atoms with Gasteiger partial charge >= 0.3 is 5.97 Å². The minimum absolute atomic E-state index is 0.0701. The van der Waals surface area contributed by atoms with Crippen molar-refractivity contribution >= 4 is 40.7 Å². The van der Waals surface area contributed by atoms with Gasteiger partial charge in [0, 0.05) is 6.54 Å². The van der Waals surface area contributed by atoms with E-state index >= 15 is 0 Å². The Morgan fingerprint density at radius 3 is 2.47 bits per heavy atom. The highest BCUT2D eigenvalue weighted by molar-refractivity contribution is 7.12. The summed E-state index contributed by atoms with van der Waals surface area (Å²) >= 11 is 7.48. The second-order valence-electron chi connectivity index (χ2n) is 7.52. The molecule has 8 nitrogen and oxygen atoms in total. The fourth-order valence-corrected chi connectivity index (χ4v) is 4.16. The molecule has 2 atom stereocenters. The first-order chi connectivity index (χ1) is 16.2. The molecular formula is C24H23ClN2O6S. The summed E-state index contributed by atoms with van der Waals surface area (Å²) in [6, 6.07) is 13.1. The van der Waals surface area contributed by atoms with E-state index in [0.717, 1.165) is 5.56 Å². The Hall–Kier alpha value is -3.40. The second-order valence-corrected chi connectivity index (χ2v) is 8.87. The minimum Gasteiger partial charge on any atom is -0.508 e. The summed E-state index contributed by atoms with van der Waals surface area (Å²) in [5.41, 5.74) is 1.46. The SMILES string of the molecule is O=C(NCC(NC(=O)c1ccc(CCC(O)c2cccc(O)c2)cc1Cl)C(=O)O)c1cccs1. The van der Waals surface area contributed by atoms with Crippen LogP contribution in [-0.2, 0) is 11.2 Å². The number of rotatable bonds is 10. The quantitative estimate of drug-likeness (QED) is 0.288. The highest BCUT2D eigenvalue weighted by Gasteiger charge is 2.23. The molecule has 0 saturated carbocycles. The molecule has 0 aliphatic heterocycles. The molecule has 0 radical (unpaired) electrons. The van der Waals surface area contributed by atoms with Gasteiger partial charge in [-0.05, 0) is 59.7 Å². The fraction of sp³-hybridized carbons (Fsp3) is 0.208. The number of halogens is 1. The van der Waals surface area contributed by atoms with Gasteiger partial charge in [-0.3, -0.25) is 9.59 Å². The first-order valence-electron chi connectivity index (χ1n) is 10.4. The molecule has 2 amide bonds. The average Bonchev–Trinajstić information content (AvgIpc) is 3.35. The first-order valence-corrected chi connectivity index (χ1v) is 11.6. The van der Waals surface area contributed by atoms with Crippen molar-refractivity contribution < 1.29 is 29.7 Å². The molecule has 0 bridgehead atoms. The number of thiophene rings is 1. The van der Waals surface area contributed by atoms with Gasteiger partial charge in [0.2, 0.25) is 0 Å². The van der Waals surface area contributed by atoms with E-state index in [1.165, 1.54) is 29.5 Å². The number of phenols is 1. The number of hydrogen-bond acceptors (Lipinski definition) is 6. The largest absolute Gasteiger partial charge is 0.508 e. The molecule has 2 unspecified atom stereocenters. The third-order valence-corrected chi connectivity index (χ3v) is 6.24. The number of carbonyl (C=O) groups excluding carboxylic acids is 2. The Bertz CT molecular complexity index is 1170. The fourth-order valence-electron chi connectivity index (χ4n) is 3.23. The van der Waals surface area contributed by atoms with Gasteiger partial charge in [-0.2, -0.15) is 0 Å². The van der Waals surface area contributed by atoms with Gasteiger partial charge in [0.1, 0.15) is 11.8 Å². The smallest absolute Gasteiger partial charge is 0.328 e. The van der Waals surface area contributed by atoms with Gasteiger partial charge in [-0.15, -0.1) is 11.3 Å². The normalized spacial score (nSPS) is 12.5. The monoisotopic (exact) mass is 502 g/mol. The van der Waals surface area contributed by atoms with Crippen LogP contribution in [0.5, 0.6) is 5.75 Å². The molecule has 1 heterocycles. The lowest BCUT2D eigenvalue weighted by atomic mass is 10.00. The Morgan fingerprint density at radius 1 is 1.03 bits per heavy atom. The van der Waals surface area contributed by atoms with E-state index in [1.807, 2.05) is 0 Å². The maximum absolute atomic E-state index is 12.6. The third kappa shape index (κ3) is 6.80. The van der Waals surface area contributed by atoms with Crippen LogP contribution in [0.25, 0.3) is 0 Å². The van der Waals surface area contributed by atoms with Crippen LogP contribution in [-0.4, -0.2) is 45.7 Å². The maximum Gasteiger partial charge on any atom is 0.328 e. The van der Waals surface area contributed by atoms with Crippen molar-refractivity contribution in [3.05, 3.63) is 86.6 Å². The molecule has 0 spiro atoms. The average molecular weight is 503 g/mol. The number of aryl methyl sites for hydroxylation is 1. The van der Waals surface area contributed by atoms with Gasteiger partial charge in [0.25, 0.3) is 11.8 Å². The number of carboxylic acid groups (broad SMARTS) is 1. The number of amides is 2. The predicted molar refractivity (Wildman–Crippen MR) is 128 cm³/mol. The van der Waals surface area contributed by atoms with Crippen LogP contribution in [0.3, 0.4) is 0 Å². The molecule has 3 rings (SSSR count). The number of nitrogens with one attached hydrogen (secondary N) is 2. The number of phenolic OH excluding ortho intramolecular Hbond substituents is 1. The zero-order chi connectivity index (χ0) is 24.7. The zero-order valence-electron chi connectivity index (χ0n) is 17.9. The van der Waals surface area contributed by atoms with Crippen LogP contribution in [0, 0.1) is 0 Å². The number of carboxylic acids is 1. The number of hydrogen-bond donors (Lipinski definition) is 5. The number of aliphatic carboxylic acids is 1. The maximum atomic E-state index is 12.6. The summed E-state index contributed by atoms with van der Waals surface area (Å²) in [6.07, 6.45) is 0.0518. The van der Waals surface area contributed by atoms with Gasteiger partial charge in [-0.1, -0.05) is 35.9 Å². The molecule has 178 valence electrons. The van der Waals surface area contributed by atoms with Crippen molar-refractivity contribution in [2.24, 2.45) is 0 Å². The number of aliphatic hydroxyl groups excluding tert-OH is 1. The van der Waals surface area contributed by atoms with Crippen LogP contribution >= 0.6 is 22.9 Å². The number of aromatic hydroxyl groups is 1. The summed E-state index contributed by atoms with van der Waals surface area (Å²) in [6.45, 7) is -0.291. The van der Waals surface area contributed by atoms with Crippen molar-refractivity contribution in [1.82, 2.24) is 10.6 Å². The van der Waals surface area contributed by atoms with Crippen molar-refractivity contribution in [1.29, 1.82) is 0 Å². The molecule has 0 saturated heterocycles. The Kier molecular flexibility index (Phi) is 8.64. The summed E-state index contributed by atoms with van der Waals surface area (Å²) in [7, 11) is 0. The van der Waals surface area contributed by atoms with E-state index in [0.29, 0.717) is 23.3 Å². The molecule has 34 heavy (non-hydrogen) atoms. The summed E-state index contributed by atoms with van der Waals surface area (Å²) in [5, 5.41) is 36.0. The topological polar surface area (TPSA) is 136 Å². The highest BCUT2D eigenvalue weighted by Crippen LogP contribution is 2.24. The predicted octanol–water partition coefficient (Wildman–Crippen LogP) is 3.39. The van der Waals surface area contributed by atoms with E-state index in [-0.39, 0.29) is 22.9 Å². The van der Waals surface area contributed by atoms with Crippen LogP contribution < -0.4 is 10.6 Å². The molecule has 5 N–H and O–H groups in total. The van der Waals surface area contributed by atoms with Crippen LogP contribution in [0.15, 0.2) is 60.0 Å². The lowest BCUT2D eigenvalue weighted by Gasteiger charge is -2.16. The van der Waals surface area contributed by atoms with Gasteiger partial charge in [0.15, 0.2) is 0 Å². The van der Waals surface area contributed by atoms with Crippen LogP contribution in [0.4, 0.5) is 0 Å². The van der Waals surface area contributed by atoms with E-state index in [1.54, 1.807) is 41.8 Å². The molecule has 0 fully saturated rings. The number of aliphatic hydroxyl groups is 1. The van der Waals surface area contributed by atoms with Crippen molar-refractivity contribution in [3.63, 3.8) is 0 Å². The van der Waals surface area contributed by atoms with Crippen LogP contribution in [0.2, 0.25) is 5.02 Å². The van der Waals surface area contributed by atoms with Gasteiger partial charge < -0.3 is 26.0 Å². The van der Waals surface area contributed by atoms with Gasteiger partial charge in [0.05, 0.1) is 21.6 Å². The van der Waals surface area contributed by atoms with Crippen molar-refractivity contribution in [2.75, 3.05) is 6.54 Å². The lowest BCUT2D eigenvalue weighted by Crippen LogP contribution is -2.48. The molecule has 10 heteroatoms. The van der Waals surface area contributed by atoms with E-state index in [2.05, 4.69) is 10.6 Å². The Labute approximate surface area is 204 Å². The Balaban J connectivity index is 1.58. The van der Waals surface area contributed by atoms with Crippen molar-refractivity contribution in [2.45, 2.75) is 25.0 Å². The molecule has 2 aromatic carbocycles. The zero-order valence-corrected chi connectivity index (χ0v) is 19.5. The number of benzene rings is 2. The molecule has 3 aromatic rings. The second kappa shape index (κ2) is 11.6. The summed E-state index contributed by atoms with van der Waals surface area (Å²) < 4.78 is 0. The van der Waals surface area contributed by atoms with E-state index < -0.39 is 29.9 Å². The molecular weight excluding hydrogens is 480 g/mol.